The second-order valence-electron chi connectivity index (χ2n) is 3.80. The van der Waals surface area contributed by atoms with E-state index in [1.807, 2.05) is 0 Å². The summed E-state index contributed by atoms with van der Waals surface area (Å²) in [5.74, 6) is 4.98. The molecule has 2 rings (SSSR count). The van der Waals surface area contributed by atoms with Crippen molar-refractivity contribution in [1.29, 1.82) is 0 Å². The normalized spacial score (nSPS) is 10.6. The van der Waals surface area contributed by atoms with Gasteiger partial charge in [0.2, 0.25) is 0 Å². The van der Waals surface area contributed by atoms with Crippen LogP contribution in [0, 0.1) is 6.92 Å². The van der Waals surface area contributed by atoms with Gasteiger partial charge in [-0.3, -0.25) is 9.78 Å². The van der Waals surface area contributed by atoms with Crippen LogP contribution in [-0.4, -0.2) is 22.2 Å². The highest BCUT2D eigenvalue weighted by atomic mass is 16.5. The molecule has 0 aliphatic rings. The maximum Gasteiger partial charge on any atom is 0.339 e. The highest BCUT2D eigenvalue weighted by molar-refractivity contribution is 5.94. The summed E-state index contributed by atoms with van der Waals surface area (Å²) < 4.78 is 5.86. The van der Waals surface area contributed by atoms with Crippen LogP contribution in [0.25, 0.3) is 10.9 Å². The van der Waals surface area contributed by atoms with Crippen LogP contribution in [0.5, 0.6) is 0 Å². The van der Waals surface area contributed by atoms with Gasteiger partial charge in [0.05, 0.1) is 28.8 Å². The number of hydrogen-bond donors (Lipinski definition) is 1. The highest BCUT2D eigenvalue weighted by Crippen LogP contribution is 2.14. The van der Waals surface area contributed by atoms with Crippen molar-refractivity contribution in [3.05, 3.63) is 39.9 Å². The van der Waals surface area contributed by atoms with E-state index in [2.05, 4.69) is 4.98 Å². The van der Waals surface area contributed by atoms with Gasteiger partial charge in [0.15, 0.2) is 0 Å². The largest absolute Gasteiger partial charge is 0.462 e. The minimum Gasteiger partial charge on any atom is -0.462 e. The number of aryl methyl sites for hydroxylation is 1. The summed E-state index contributed by atoms with van der Waals surface area (Å²) in [4.78, 5) is 27.7. The zero-order chi connectivity index (χ0) is 13.3. The van der Waals surface area contributed by atoms with Crippen LogP contribution in [0.1, 0.15) is 23.0 Å². The lowest BCUT2D eigenvalue weighted by Crippen LogP contribution is -2.26. The number of carbonyl (C=O) groups is 1. The first kappa shape index (κ1) is 12.1. The van der Waals surface area contributed by atoms with Crippen molar-refractivity contribution < 1.29 is 9.53 Å². The Kier molecular flexibility index (Phi) is 3.01. The van der Waals surface area contributed by atoms with Crippen molar-refractivity contribution in [2.45, 2.75) is 13.8 Å². The first-order valence-electron chi connectivity index (χ1n) is 5.49. The van der Waals surface area contributed by atoms with Crippen LogP contribution in [0.3, 0.4) is 0 Å². The average Bonchev–Trinajstić information content (AvgIpc) is 2.34. The molecule has 6 nitrogen and oxygen atoms in total. The predicted molar refractivity (Wildman–Crippen MR) is 66.8 cm³/mol. The molecule has 0 saturated carbocycles. The molecule has 0 fully saturated rings. The van der Waals surface area contributed by atoms with Gasteiger partial charge in [0.1, 0.15) is 0 Å². The summed E-state index contributed by atoms with van der Waals surface area (Å²) >= 11 is 0. The zero-order valence-electron chi connectivity index (χ0n) is 10.1. The number of carbonyl (C=O) groups excluding carboxylic acids is 1. The van der Waals surface area contributed by atoms with E-state index < -0.39 is 11.5 Å². The number of nitrogens with two attached hydrogens (primary N) is 1. The van der Waals surface area contributed by atoms with Gasteiger partial charge < -0.3 is 10.6 Å². The molecule has 6 heteroatoms. The molecule has 0 bridgehead atoms. The molecule has 0 aliphatic carbocycles. The third-order valence-electron chi connectivity index (χ3n) is 2.60. The Labute approximate surface area is 103 Å². The second kappa shape index (κ2) is 4.48. The number of rotatable bonds is 2. The van der Waals surface area contributed by atoms with Crippen molar-refractivity contribution >= 4 is 16.9 Å². The minimum absolute atomic E-state index is 0.270. The minimum atomic E-state index is -0.490. The molecule has 0 saturated heterocycles. The van der Waals surface area contributed by atoms with E-state index in [1.165, 1.54) is 12.3 Å². The van der Waals surface area contributed by atoms with Crippen LogP contribution in [-0.2, 0) is 4.74 Å². The molecule has 0 aromatic carbocycles. The Morgan fingerprint density at radius 2 is 2.28 bits per heavy atom. The molecular weight excluding hydrogens is 234 g/mol. The average molecular weight is 247 g/mol. The lowest BCUT2D eigenvalue weighted by molar-refractivity contribution is 0.0525. The maximum absolute atomic E-state index is 11.8. The fraction of sp³-hybridized carbons (Fsp3) is 0.250. The summed E-state index contributed by atoms with van der Waals surface area (Å²) in [6.07, 6.45) is 1.43. The van der Waals surface area contributed by atoms with Crippen LogP contribution in [0.2, 0.25) is 0 Å². The molecule has 0 spiro atoms. The Balaban J connectivity index is 2.70. The molecule has 18 heavy (non-hydrogen) atoms. The van der Waals surface area contributed by atoms with Crippen molar-refractivity contribution in [2.24, 2.45) is 0 Å². The molecule has 0 atom stereocenters. The number of fused-ring (bicyclic) bond motifs is 1. The lowest BCUT2D eigenvalue weighted by atomic mass is 10.1. The van der Waals surface area contributed by atoms with E-state index in [-0.39, 0.29) is 12.2 Å². The summed E-state index contributed by atoms with van der Waals surface area (Å²) in [6, 6.07) is 3.10. The molecule has 2 aromatic rings. The number of nitrogen functional groups attached to an aromatic ring is 1. The number of hydrogen-bond acceptors (Lipinski definition) is 5. The van der Waals surface area contributed by atoms with Crippen molar-refractivity contribution in [3.63, 3.8) is 0 Å². The summed E-state index contributed by atoms with van der Waals surface area (Å²) in [5.41, 5.74) is 0.917. The van der Waals surface area contributed by atoms with Gasteiger partial charge >= 0.3 is 5.97 Å². The molecule has 2 aromatic heterocycles. The van der Waals surface area contributed by atoms with Gasteiger partial charge in [-0.05, 0) is 26.0 Å². The smallest absolute Gasteiger partial charge is 0.339 e. The summed E-state index contributed by atoms with van der Waals surface area (Å²) in [6.45, 7) is 3.68. The van der Waals surface area contributed by atoms with E-state index in [0.29, 0.717) is 16.6 Å². The number of nitrogens with zero attached hydrogens (tertiary/aromatic N) is 2. The number of pyridine rings is 2. The van der Waals surface area contributed by atoms with E-state index >= 15 is 0 Å². The van der Waals surface area contributed by atoms with Crippen molar-refractivity contribution in [3.8, 4) is 0 Å². The van der Waals surface area contributed by atoms with Gasteiger partial charge in [-0.2, -0.15) is 0 Å². The van der Waals surface area contributed by atoms with E-state index in [9.17, 15) is 9.59 Å². The Hall–Kier alpha value is -2.37. The van der Waals surface area contributed by atoms with E-state index in [4.69, 9.17) is 10.6 Å². The van der Waals surface area contributed by atoms with Gasteiger partial charge in [0, 0.05) is 6.20 Å². The number of esters is 1. The number of aromatic nitrogens is 2. The molecule has 0 amide bonds. The molecular formula is C12H13N3O3. The summed E-state index contributed by atoms with van der Waals surface area (Å²) in [7, 11) is 0. The molecule has 94 valence electrons. The van der Waals surface area contributed by atoms with E-state index in [0.717, 1.165) is 4.68 Å². The molecule has 0 aliphatic heterocycles. The standard InChI is InChI=1S/C12H13N3O3/c1-3-18-12(17)8-6-9-10(14-7(8)2)4-5-15(13)11(9)16/h4-6H,3,13H2,1-2H3. The highest BCUT2D eigenvalue weighted by Gasteiger charge is 2.14. The molecule has 0 unspecified atom stereocenters. The van der Waals surface area contributed by atoms with Crippen LogP contribution in [0.4, 0.5) is 0 Å². The fourth-order valence-corrected chi connectivity index (χ4v) is 1.70. The second-order valence-corrected chi connectivity index (χ2v) is 3.80. The first-order chi connectivity index (χ1) is 8.54. The monoisotopic (exact) mass is 247 g/mol. The SMILES string of the molecule is CCOC(=O)c1cc2c(=O)n(N)ccc2nc1C. The zero-order valence-corrected chi connectivity index (χ0v) is 10.1. The Morgan fingerprint density at radius 1 is 1.56 bits per heavy atom. The van der Waals surface area contributed by atoms with Gasteiger partial charge in [-0.15, -0.1) is 0 Å². The van der Waals surface area contributed by atoms with Gasteiger partial charge in [0.25, 0.3) is 5.56 Å². The van der Waals surface area contributed by atoms with E-state index in [1.54, 1.807) is 19.9 Å². The van der Waals surface area contributed by atoms with Crippen LogP contribution in [0.15, 0.2) is 23.1 Å². The maximum atomic E-state index is 11.8. The van der Waals surface area contributed by atoms with Crippen molar-refractivity contribution in [2.75, 3.05) is 12.4 Å². The summed E-state index contributed by atoms with van der Waals surface area (Å²) in [5, 5.41) is 0.300. The third-order valence-corrected chi connectivity index (χ3v) is 2.60. The Bertz CT molecular complexity index is 676. The molecule has 2 N–H and O–H groups in total. The predicted octanol–water partition coefficient (Wildman–Crippen LogP) is 0.595. The lowest BCUT2D eigenvalue weighted by Gasteiger charge is -2.07. The number of ether oxygens (including phenoxy) is 1. The quantitative estimate of drug-likeness (QED) is 0.620. The topological polar surface area (TPSA) is 87.2 Å². The van der Waals surface area contributed by atoms with Crippen LogP contribution < -0.4 is 11.4 Å². The molecule has 2 heterocycles. The van der Waals surface area contributed by atoms with Gasteiger partial charge in [-0.25, -0.2) is 9.47 Å². The van der Waals surface area contributed by atoms with Crippen LogP contribution >= 0.6 is 0 Å². The third kappa shape index (κ3) is 1.92. The Morgan fingerprint density at radius 3 is 2.94 bits per heavy atom. The fourth-order valence-electron chi connectivity index (χ4n) is 1.70. The van der Waals surface area contributed by atoms with Gasteiger partial charge in [-0.1, -0.05) is 0 Å². The molecule has 0 radical (unpaired) electrons. The first-order valence-corrected chi connectivity index (χ1v) is 5.49. The van der Waals surface area contributed by atoms with Crippen molar-refractivity contribution in [1.82, 2.24) is 9.66 Å².